The number of nitrogens with zero attached hydrogens (tertiary/aromatic N) is 5. The SMILES string of the molecule is C=CC(=O)N1CCN(c2c(C#N)c(=O)n(C3=C(C)C=CN[C@@H]3C(C)C)c3nc(-c4c(N)c(Cl)c(Cl)c(F)c4F)c(Cl)cc23)CC1. The fourth-order valence-electron chi connectivity index (χ4n) is 5.77. The average molecular weight is 675 g/mol. The van der Waals surface area contributed by atoms with E-state index in [9.17, 15) is 19.2 Å². The average Bonchev–Trinajstić information content (AvgIpc) is 3.02. The maximum absolute atomic E-state index is 15.5. The lowest BCUT2D eigenvalue weighted by Crippen LogP contribution is -2.49. The number of benzene rings is 1. The highest BCUT2D eigenvalue weighted by atomic mass is 35.5. The number of fused-ring (bicyclic) bond motifs is 1. The number of piperazine rings is 1. The predicted octanol–water partition coefficient (Wildman–Crippen LogP) is 5.96. The van der Waals surface area contributed by atoms with Gasteiger partial charge in [0.1, 0.15) is 22.3 Å². The van der Waals surface area contributed by atoms with Crippen molar-refractivity contribution in [3.8, 4) is 17.3 Å². The van der Waals surface area contributed by atoms with Crippen LogP contribution in [0.2, 0.25) is 15.1 Å². The minimum atomic E-state index is -1.44. The van der Waals surface area contributed by atoms with E-state index in [-0.39, 0.29) is 58.6 Å². The summed E-state index contributed by atoms with van der Waals surface area (Å²) in [6.45, 7) is 10.5. The minimum Gasteiger partial charge on any atom is -0.397 e. The number of aromatic nitrogens is 2. The van der Waals surface area contributed by atoms with Crippen molar-refractivity contribution < 1.29 is 13.6 Å². The number of nitrogens with two attached hydrogens (primary N) is 1. The molecule has 0 aliphatic carbocycles. The summed E-state index contributed by atoms with van der Waals surface area (Å²) in [6.07, 6.45) is 4.78. The van der Waals surface area contributed by atoms with E-state index in [4.69, 9.17) is 40.5 Å². The number of carbonyl (C=O) groups is 1. The summed E-state index contributed by atoms with van der Waals surface area (Å²) < 4.78 is 31.6. The first-order chi connectivity index (χ1) is 21.3. The summed E-state index contributed by atoms with van der Waals surface area (Å²) in [5, 5.41) is 12.7. The molecule has 2 aliphatic rings. The van der Waals surface area contributed by atoms with Crippen LogP contribution < -0.4 is 21.5 Å². The molecule has 0 spiro atoms. The number of pyridine rings is 2. The number of nitriles is 1. The summed E-state index contributed by atoms with van der Waals surface area (Å²) in [5.74, 6) is -3.11. The highest BCUT2D eigenvalue weighted by molar-refractivity contribution is 6.44. The predicted molar refractivity (Wildman–Crippen MR) is 174 cm³/mol. The van der Waals surface area contributed by atoms with Gasteiger partial charge in [-0.25, -0.2) is 13.8 Å². The van der Waals surface area contributed by atoms with Gasteiger partial charge in [-0.15, -0.1) is 0 Å². The zero-order valence-electron chi connectivity index (χ0n) is 24.5. The quantitative estimate of drug-likeness (QED) is 0.148. The molecule has 2 aliphatic heterocycles. The number of dihydropyridines is 1. The molecular formula is C31H28Cl3F2N7O2. The van der Waals surface area contributed by atoms with Gasteiger partial charge in [0.25, 0.3) is 5.56 Å². The van der Waals surface area contributed by atoms with Crippen LogP contribution in [0.1, 0.15) is 26.3 Å². The standard InChI is InChI=1S/C31H28Cl3F2N7O2/c1-5-19(44)41-8-10-42(11-9-41)29-16-12-18(32)27(20-23(35)24(36)21(33)22(34)25(20)38)40-30(16)43(31(45)17(29)13-37)28-15(4)6-7-39-26(28)14(2)3/h5-7,12,14,26,39H,1,8-11,38H2,2-4H3/t26-/m1/s1. The van der Waals surface area contributed by atoms with Gasteiger partial charge >= 0.3 is 0 Å². The second kappa shape index (κ2) is 12.4. The number of anilines is 2. The Morgan fingerprint density at radius 1 is 1.20 bits per heavy atom. The molecule has 14 heteroatoms. The number of hydrogen-bond acceptors (Lipinski definition) is 7. The van der Waals surface area contributed by atoms with Crippen molar-refractivity contribution in [3.05, 3.63) is 79.2 Å². The van der Waals surface area contributed by atoms with Gasteiger partial charge in [0.15, 0.2) is 11.6 Å². The lowest BCUT2D eigenvalue weighted by molar-refractivity contribution is -0.126. The first kappa shape index (κ1) is 32.3. The van der Waals surface area contributed by atoms with Gasteiger partial charge in [-0.05, 0) is 42.8 Å². The van der Waals surface area contributed by atoms with Crippen LogP contribution in [0.25, 0.3) is 28.0 Å². The Hall–Kier alpha value is -4.11. The van der Waals surface area contributed by atoms with E-state index < -0.39 is 38.5 Å². The molecule has 0 saturated carbocycles. The fourth-order valence-corrected chi connectivity index (χ4v) is 6.37. The molecule has 1 saturated heterocycles. The number of nitrogens with one attached hydrogen (secondary N) is 1. The van der Waals surface area contributed by atoms with Crippen molar-refractivity contribution in [3.63, 3.8) is 0 Å². The summed E-state index contributed by atoms with van der Waals surface area (Å²) >= 11 is 18.7. The Labute approximate surface area is 272 Å². The zero-order chi connectivity index (χ0) is 32.9. The fraction of sp³-hybridized carbons (Fsp3) is 0.290. The second-order valence-electron chi connectivity index (χ2n) is 11.0. The summed E-state index contributed by atoms with van der Waals surface area (Å²) in [7, 11) is 0. The molecule has 0 unspecified atom stereocenters. The van der Waals surface area contributed by atoms with E-state index in [1.165, 1.54) is 16.7 Å². The summed E-state index contributed by atoms with van der Waals surface area (Å²) in [4.78, 5) is 34.7. The number of halogens is 5. The summed E-state index contributed by atoms with van der Waals surface area (Å²) in [5.41, 5.74) is 5.61. The molecule has 2 aromatic heterocycles. The van der Waals surface area contributed by atoms with Gasteiger partial charge in [-0.1, -0.05) is 55.2 Å². The van der Waals surface area contributed by atoms with E-state index in [0.29, 0.717) is 29.7 Å². The van der Waals surface area contributed by atoms with Gasteiger partial charge in [-0.3, -0.25) is 14.2 Å². The molecule has 3 N–H and O–H groups in total. The first-order valence-corrected chi connectivity index (χ1v) is 15.1. The number of nitrogen functional groups attached to an aromatic ring is 1. The number of hydrogen-bond donors (Lipinski definition) is 2. The van der Waals surface area contributed by atoms with Crippen molar-refractivity contribution in [1.29, 1.82) is 5.26 Å². The molecular weight excluding hydrogens is 647 g/mol. The molecule has 1 aromatic carbocycles. The molecule has 0 bridgehead atoms. The topological polar surface area (TPSA) is 120 Å². The van der Waals surface area contributed by atoms with E-state index in [1.807, 2.05) is 25.7 Å². The molecule has 0 radical (unpaired) electrons. The van der Waals surface area contributed by atoms with Crippen LogP contribution in [0.15, 0.2) is 41.4 Å². The van der Waals surface area contributed by atoms with Crippen LogP contribution in [-0.2, 0) is 4.79 Å². The van der Waals surface area contributed by atoms with E-state index in [1.54, 1.807) is 17.2 Å². The van der Waals surface area contributed by atoms with Crippen LogP contribution in [0.5, 0.6) is 0 Å². The Balaban J connectivity index is 1.90. The smallest absolute Gasteiger partial charge is 0.276 e. The van der Waals surface area contributed by atoms with Crippen molar-refractivity contribution in [2.45, 2.75) is 26.8 Å². The zero-order valence-corrected chi connectivity index (χ0v) is 26.8. The van der Waals surface area contributed by atoms with Crippen LogP contribution in [0.3, 0.4) is 0 Å². The van der Waals surface area contributed by atoms with Crippen LogP contribution in [0.4, 0.5) is 20.2 Å². The van der Waals surface area contributed by atoms with Gasteiger partial charge in [0, 0.05) is 31.6 Å². The minimum absolute atomic E-state index is 0.0217. The van der Waals surface area contributed by atoms with E-state index in [0.717, 1.165) is 0 Å². The third-order valence-electron chi connectivity index (χ3n) is 8.03. The molecule has 3 aromatic rings. The normalized spacial score (nSPS) is 16.8. The Morgan fingerprint density at radius 2 is 1.87 bits per heavy atom. The van der Waals surface area contributed by atoms with Crippen molar-refractivity contribution in [2.24, 2.45) is 5.92 Å². The molecule has 234 valence electrons. The number of allylic oxidation sites excluding steroid dienone is 2. The monoisotopic (exact) mass is 673 g/mol. The molecule has 45 heavy (non-hydrogen) atoms. The third-order valence-corrected chi connectivity index (χ3v) is 9.16. The van der Waals surface area contributed by atoms with Gasteiger partial charge < -0.3 is 20.9 Å². The van der Waals surface area contributed by atoms with Crippen molar-refractivity contribution in [2.75, 3.05) is 36.8 Å². The molecule has 1 amide bonds. The number of amides is 1. The maximum atomic E-state index is 15.5. The van der Waals surface area contributed by atoms with Crippen LogP contribution >= 0.6 is 34.8 Å². The molecule has 4 heterocycles. The van der Waals surface area contributed by atoms with Gasteiger partial charge in [-0.2, -0.15) is 5.26 Å². The highest BCUT2D eigenvalue weighted by Crippen LogP contribution is 2.44. The molecule has 5 rings (SSSR count). The Bertz CT molecular complexity index is 1910. The number of carbonyl (C=O) groups excluding carboxylic acids is 1. The van der Waals surface area contributed by atoms with Crippen LogP contribution in [0, 0.1) is 28.9 Å². The van der Waals surface area contributed by atoms with Gasteiger partial charge in [0.05, 0.1) is 44.4 Å². The Kier molecular flexibility index (Phi) is 8.86. The van der Waals surface area contributed by atoms with Gasteiger partial charge in [0.2, 0.25) is 5.91 Å². The van der Waals surface area contributed by atoms with E-state index >= 15 is 4.39 Å². The first-order valence-electron chi connectivity index (χ1n) is 13.9. The van der Waals surface area contributed by atoms with Crippen molar-refractivity contribution >= 4 is 68.8 Å². The lowest BCUT2D eigenvalue weighted by Gasteiger charge is -2.37. The largest absolute Gasteiger partial charge is 0.397 e. The summed E-state index contributed by atoms with van der Waals surface area (Å²) in [6, 6.07) is 3.14. The molecule has 9 nitrogen and oxygen atoms in total. The second-order valence-corrected chi connectivity index (χ2v) is 12.2. The number of rotatable bonds is 5. The van der Waals surface area contributed by atoms with Crippen LogP contribution in [-0.4, -0.2) is 52.6 Å². The lowest BCUT2D eigenvalue weighted by atomic mass is 9.94. The molecule has 1 fully saturated rings. The highest BCUT2D eigenvalue weighted by Gasteiger charge is 2.33. The van der Waals surface area contributed by atoms with E-state index in [2.05, 4.69) is 22.9 Å². The van der Waals surface area contributed by atoms with Crippen molar-refractivity contribution in [1.82, 2.24) is 19.8 Å². The Morgan fingerprint density at radius 3 is 2.47 bits per heavy atom. The maximum Gasteiger partial charge on any atom is 0.276 e. The molecule has 1 atom stereocenters. The third kappa shape index (κ3) is 5.31.